The van der Waals surface area contributed by atoms with E-state index >= 15 is 0 Å². The molecule has 24 heavy (non-hydrogen) atoms. The van der Waals surface area contributed by atoms with Crippen LogP contribution in [0.4, 0.5) is 13.2 Å². The number of nitrogens with one attached hydrogen (secondary N) is 1. The van der Waals surface area contributed by atoms with Gasteiger partial charge in [0.05, 0.1) is 5.56 Å². The fourth-order valence-corrected chi connectivity index (χ4v) is 3.22. The zero-order chi connectivity index (χ0) is 17.2. The number of ether oxygens (including phenoxy) is 1. The summed E-state index contributed by atoms with van der Waals surface area (Å²) in [5.41, 5.74) is 0.125. The van der Waals surface area contributed by atoms with Crippen molar-refractivity contribution in [2.45, 2.75) is 25.1 Å². The Morgan fingerprint density at radius 2 is 1.88 bits per heavy atom. The summed E-state index contributed by atoms with van der Waals surface area (Å²) in [6.45, 7) is 1.25. The van der Waals surface area contributed by atoms with E-state index in [2.05, 4.69) is 10.3 Å². The molecule has 2 heterocycles. The molecule has 1 saturated heterocycles. The van der Waals surface area contributed by atoms with Crippen molar-refractivity contribution in [3.05, 3.63) is 40.9 Å². The van der Waals surface area contributed by atoms with Gasteiger partial charge in [-0.15, -0.1) is 11.3 Å². The molecule has 1 amide bonds. The molecule has 0 saturated carbocycles. The highest BCUT2D eigenvalue weighted by molar-refractivity contribution is 7.13. The van der Waals surface area contributed by atoms with Crippen molar-refractivity contribution in [1.29, 1.82) is 0 Å². The molecule has 1 aromatic heterocycles. The van der Waals surface area contributed by atoms with Crippen LogP contribution in [0.5, 0.6) is 0 Å². The topological polar surface area (TPSA) is 51.2 Å². The molecule has 1 aromatic carbocycles. The minimum absolute atomic E-state index is 0.0717. The van der Waals surface area contributed by atoms with E-state index in [1.807, 2.05) is 0 Å². The van der Waals surface area contributed by atoms with E-state index in [0.29, 0.717) is 23.8 Å². The number of amides is 1. The molecule has 8 heteroatoms. The lowest BCUT2D eigenvalue weighted by Gasteiger charge is -2.22. The molecular formula is C16H15F3N2O2S. The maximum atomic E-state index is 12.6. The molecule has 1 aliphatic heterocycles. The summed E-state index contributed by atoms with van der Waals surface area (Å²) in [6.07, 6.45) is -2.83. The average Bonchev–Trinajstić information content (AvgIpc) is 3.05. The Labute approximate surface area is 140 Å². The van der Waals surface area contributed by atoms with Crippen LogP contribution in [0.1, 0.15) is 28.9 Å². The molecule has 0 spiro atoms. The monoisotopic (exact) mass is 356 g/mol. The first-order valence-corrected chi connectivity index (χ1v) is 8.33. The molecule has 1 aliphatic rings. The highest BCUT2D eigenvalue weighted by Crippen LogP contribution is 2.31. The minimum Gasteiger partial charge on any atom is -0.381 e. The molecule has 0 unspecified atom stereocenters. The quantitative estimate of drug-likeness (QED) is 0.912. The summed E-state index contributed by atoms with van der Waals surface area (Å²) in [4.78, 5) is 16.4. The smallest absolute Gasteiger partial charge is 0.381 e. The van der Waals surface area contributed by atoms with Gasteiger partial charge in [-0.1, -0.05) is 12.1 Å². The summed E-state index contributed by atoms with van der Waals surface area (Å²) in [5, 5.41) is 5.03. The van der Waals surface area contributed by atoms with Crippen molar-refractivity contribution in [2.24, 2.45) is 0 Å². The van der Waals surface area contributed by atoms with Crippen LogP contribution >= 0.6 is 11.3 Å². The van der Waals surface area contributed by atoms with Crippen molar-refractivity contribution < 1.29 is 22.7 Å². The first kappa shape index (κ1) is 16.9. The lowest BCUT2D eigenvalue weighted by Crippen LogP contribution is -2.39. The van der Waals surface area contributed by atoms with Gasteiger partial charge >= 0.3 is 6.18 Å². The van der Waals surface area contributed by atoms with E-state index in [9.17, 15) is 18.0 Å². The third-order valence-corrected chi connectivity index (χ3v) is 4.64. The lowest BCUT2D eigenvalue weighted by molar-refractivity contribution is -0.137. The van der Waals surface area contributed by atoms with Crippen molar-refractivity contribution in [2.75, 3.05) is 13.2 Å². The number of thiazole rings is 1. The third kappa shape index (κ3) is 3.93. The second-order valence-corrected chi connectivity index (χ2v) is 6.33. The number of nitrogens with zero attached hydrogens (tertiary/aromatic N) is 1. The maximum absolute atomic E-state index is 12.6. The van der Waals surface area contributed by atoms with E-state index in [0.717, 1.165) is 25.0 Å². The van der Waals surface area contributed by atoms with E-state index in [1.54, 1.807) is 5.38 Å². The largest absolute Gasteiger partial charge is 0.416 e. The Morgan fingerprint density at radius 3 is 2.50 bits per heavy atom. The Kier molecular flexibility index (Phi) is 4.86. The first-order chi connectivity index (χ1) is 11.4. The maximum Gasteiger partial charge on any atom is 0.416 e. The fraction of sp³-hybridized carbons (Fsp3) is 0.375. The molecule has 0 aliphatic carbocycles. The normalized spacial score (nSPS) is 16.1. The van der Waals surface area contributed by atoms with Gasteiger partial charge in [-0.25, -0.2) is 4.98 Å². The Hall–Kier alpha value is -1.93. The number of carbonyl (C=O) groups is 1. The van der Waals surface area contributed by atoms with Gasteiger partial charge in [-0.05, 0) is 25.0 Å². The average molecular weight is 356 g/mol. The number of aromatic nitrogens is 1. The van der Waals surface area contributed by atoms with E-state index in [1.165, 1.54) is 23.5 Å². The number of halogens is 3. The van der Waals surface area contributed by atoms with Crippen molar-refractivity contribution in [3.8, 4) is 10.6 Å². The number of carbonyl (C=O) groups excluding carboxylic acids is 1. The van der Waals surface area contributed by atoms with Crippen LogP contribution in [0.15, 0.2) is 29.6 Å². The van der Waals surface area contributed by atoms with E-state index in [-0.39, 0.29) is 17.6 Å². The molecule has 2 aromatic rings. The van der Waals surface area contributed by atoms with Gasteiger partial charge in [0.2, 0.25) is 0 Å². The molecule has 0 bridgehead atoms. The molecule has 0 atom stereocenters. The van der Waals surface area contributed by atoms with Gasteiger partial charge in [0.25, 0.3) is 5.91 Å². The minimum atomic E-state index is -4.36. The third-order valence-electron chi connectivity index (χ3n) is 3.75. The van der Waals surface area contributed by atoms with Crippen LogP contribution in [-0.4, -0.2) is 30.1 Å². The molecule has 0 radical (unpaired) electrons. The van der Waals surface area contributed by atoms with Crippen LogP contribution < -0.4 is 5.32 Å². The Bertz CT molecular complexity index is 707. The Balaban J connectivity index is 1.69. The zero-order valence-corrected chi connectivity index (χ0v) is 13.4. The number of benzene rings is 1. The Morgan fingerprint density at radius 1 is 1.21 bits per heavy atom. The second kappa shape index (κ2) is 6.90. The summed E-state index contributed by atoms with van der Waals surface area (Å²) >= 11 is 1.23. The number of alkyl halides is 3. The van der Waals surface area contributed by atoms with Crippen LogP contribution in [0.2, 0.25) is 0 Å². The predicted octanol–water partition coefficient (Wildman–Crippen LogP) is 3.74. The van der Waals surface area contributed by atoms with E-state index < -0.39 is 11.7 Å². The van der Waals surface area contributed by atoms with Gasteiger partial charge in [0, 0.05) is 30.2 Å². The summed E-state index contributed by atoms with van der Waals surface area (Å²) < 4.78 is 43.0. The van der Waals surface area contributed by atoms with Gasteiger partial charge < -0.3 is 10.1 Å². The highest BCUT2D eigenvalue weighted by Gasteiger charge is 2.30. The molecular weight excluding hydrogens is 341 g/mol. The first-order valence-electron chi connectivity index (χ1n) is 7.45. The van der Waals surface area contributed by atoms with Gasteiger partial charge in [-0.2, -0.15) is 13.2 Å². The van der Waals surface area contributed by atoms with Crippen LogP contribution in [0.25, 0.3) is 10.6 Å². The van der Waals surface area contributed by atoms with E-state index in [4.69, 9.17) is 4.74 Å². The molecule has 4 nitrogen and oxygen atoms in total. The highest BCUT2D eigenvalue weighted by atomic mass is 32.1. The fourth-order valence-electron chi connectivity index (χ4n) is 2.41. The van der Waals surface area contributed by atoms with Gasteiger partial charge in [0.15, 0.2) is 0 Å². The summed E-state index contributed by atoms with van der Waals surface area (Å²) in [5.74, 6) is -0.267. The number of hydrogen-bond acceptors (Lipinski definition) is 4. The zero-order valence-electron chi connectivity index (χ0n) is 12.6. The summed E-state index contributed by atoms with van der Waals surface area (Å²) in [7, 11) is 0. The number of hydrogen-bond donors (Lipinski definition) is 1. The van der Waals surface area contributed by atoms with Crippen LogP contribution in [-0.2, 0) is 10.9 Å². The predicted molar refractivity (Wildman–Crippen MR) is 83.9 cm³/mol. The molecule has 1 N–H and O–H groups in total. The lowest BCUT2D eigenvalue weighted by atomic mass is 10.1. The number of rotatable bonds is 3. The molecule has 128 valence electrons. The van der Waals surface area contributed by atoms with Crippen molar-refractivity contribution in [1.82, 2.24) is 10.3 Å². The van der Waals surface area contributed by atoms with Gasteiger partial charge in [-0.3, -0.25) is 4.79 Å². The van der Waals surface area contributed by atoms with Crippen molar-refractivity contribution >= 4 is 17.2 Å². The van der Waals surface area contributed by atoms with Crippen LogP contribution in [0.3, 0.4) is 0 Å². The standard InChI is InChI=1S/C16H15F3N2O2S/c17-16(18,19)11-3-1-10(2-4-11)15-21-13(9-24-15)14(22)20-12-5-7-23-8-6-12/h1-4,9,12H,5-8H2,(H,20,22). The second-order valence-electron chi connectivity index (χ2n) is 5.47. The SMILES string of the molecule is O=C(NC1CCOCC1)c1csc(-c2ccc(C(F)(F)F)cc2)n1. The van der Waals surface area contributed by atoms with Crippen LogP contribution in [0, 0.1) is 0 Å². The molecule has 1 fully saturated rings. The molecule has 3 rings (SSSR count). The summed E-state index contributed by atoms with van der Waals surface area (Å²) in [6, 6.07) is 4.82. The van der Waals surface area contributed by atoms with Gasteiger partial charge in [0.1, 0.15) is 10.7 Å². The van der Waals surface area contributed by atoms with Crippen molar-refractivity contribution in [3.63, 3.8) is 0 Å².